The zero-order chi connectivity index (χ0) is 14.1. The van der Waals surface area contributed by atoms with Gasteiger partial charge in [0, 0.05) is 41.0 Å². The van der Waals surface area contributed by atoms with Crippen LogP contribution in [0.25, 0.3) is 42.0 Å². The van der Waals surface area contributed by atoms with Crippen LogP contribution >= 0.6 is 22.7 Å². The first kappa shape index (κ1) is 11.8. The molecule has 0 bridgehead atoms. The van der Waals surface area contributed by atoms with Crippen molar-refractivity contribution in [2.75, 3.05) is 0 Å². The summed E-state index contributed by atoms with van der Waals surface area (Å²) in [5.74, 6) is 0. The van der Waals surface area contributed by atoms with E-state index in [0.717, 1.165) is 0 Å². The maximum absolute atomic E-state index is 3.59. The van der Waals surface area contributed by atoms with Gasteiger partial charge in [0.15, 0.2) is 0 Å². The average molecular weight is 307 g/mol. The summed E-state index contributed by atoms with van der Waals surface area (Å²) >= 11 is 3.75. The number of fused-ring (bicyclic) bond motifs is 5. The topological polar surface area (TPSA) is 15.8 Å². The van der Waals surface area contributed by atoms with Gasteiger partial charge in [0.25, 0.3) is 0 Å². The molecule has 0 amide bonds. The van der Waals surface area contributed by atoms with E-state index in [9.17, 15) is 0 Å². The first-order chi connectivity index (χ1) is 10.2. The molecule has 2 aromatic carbocycles. The third kappa shape index (κ3) is 1.62. The van der Waals surface area contributed by atoms with Gasteiger partial charge in [0.1, 0.15) is 0 Å². The first-order valence-corrected chi connectivity index (χ1v) is 8.66. The van der Waals surface area contributed by atoms with Crippen LogP contribution in [0.5, 0.6) is 0 Å². The molecule has 0 aliphatic rings. The molecule has 0 unspecified atom stereocenters. The van der Waals surface area contributed by atoms with Gasteiger partial charge in [-0.25, -0.2) is 0 Å². The van der Waals surface area contributed by atoms with Gasteiger partial charge in [0.05, 0.1) is 0 Å². The van der Waals surface area contributed by atoms with Gasteiger partial charge in [-0.1, -0.05) is 0 Å². The fraction of sp³-hybridized carbons (Fsp3) is 0.111. The lowest BCUT2D eigenvalue weighted by Gasteiger charge is -1.93. The zero-order valence-electron chi connectivity index (χ0n) is 11.8. The van der Waals surface area contributed by atoms with Crippen molar-refractivity contribution < 1.29 is 0 Å². The van der Waals surface area contributed by atoms with E-state index in [2.05, 4.69) is 55.2 Å². The van der Waals surface area contributed by atoms with Crippen LogP contribution in [0.2, 0.25) is 0 Å². The van der Waals surface area contributed by atoms with Gasteiger partial charge in [-0.2, -0.15) is 0 Å². The smallest absolute Gasteiger partial charge is 0.0471 e. The fourth-order valence-electron chi connectivity index (χ4n) is 3.24. The van der Waals surface area contributed by atoms with Crippen molar-refractivity contribution in [3.8, 4) is 0 Å². The third-order valence-corrected chi connectivity index (χ3v) is 6.15. The minimum atomic E-state index is 1.24. The maximum atomic E-state index is 3.59. The predicted octanol–water partition coefficient (Wildman–Crippen LogP) is 6.37. The summed E-state index contributed by atoms with van der Waals surface area (Å²) < 4.78 is 2.76. The Morgan fingerprint density at radius 2 is 1.14 bits per heavy atom. The molecule has 0 saturated heterocycles. The highest BCUT2D eigenvalue weighted by atomic mass is 32.1. The second-order valence-electron chi connectivity index (χ2n) is 5.71. The van der Waals surface area contributed by atoms with Crippen LogP contribution in [0.3, 0.4) is 0 Å². The number of H-pyrrole nitrogens is 1. The first-order valence-electron chi connectivity index (χ1n) is 7.03. The van der Waals surface area contributed by atoms with Crippen LogP contribution in [-0.4, -0.2) is 4.98 Å². The summed E-state index contributed by atoms with van der Waals surface area (Å²) in [7, 11) is 0. The van der Waals surface area contributed by atoms with Crippen LogP contribution in [-0.2, 0) is 0 Å². The Labute approximate surface area is 129 Å². The molecule has 0 radical (unpaired) electrons. The van der Waals surface area contributed by atoms with E-state index < -0.39 is 0 Å². The lowest BCUT2D eigenvalue weighted by Crippen LogP contribution is -1.67. The Morgan fingerprint density at radius 1 is 0.667 bits per heavy atom. The second-order valence-corrected chi connectivity index (χ2v) is 8.29. The minimum Gasteiger partial charge on any atom is -0.354 e. The normalized spacial score (nSPS) is 12.3. The molecule has 0 fully saturated rings. The highest BCUT2D eigenvalue weighted by Crippen LogP contribution is 2.36. The van der Waals surface area contributed by atoms with E-state index in [0.29, 0.717) is 0 Å². The number of aromatic nitrogens is 1. The molecule has 0 aliphatic heterocycles. The van der Waals surface area contributed by atoms with E-state index in [1.165, 1.54) is 51.7 Å². The molecule has 0 spiro atoms. The molecule has 1 nitrogen and oxygen atoms in total. The minimum absolute atomic E-state index is 1.24. The van der Waals surface area contributed by atoms with Gasteiger partial charge < -0.3 is 4.98 Å². The number of aryl methyl sites for hydroxylation is 2. The Balaban J connectivity index is 1.97. The molecular weight excluding hydrogens is 294 g/mol. The van der Waals surface area contributed by atoms with Crippen molar-refractivity contribution >= 4 is 64.7 Å². The van der Waals surface area contributed by atoms with E-state index in [-0.39, 0.29) is 0 Å². The number of thiophene rings is 2. The number of aromatic amines is 1. The summed E-state index contributed by atoms with van der Waals surface area (Å²) in [5, 5.41) is 5.36. The number of hydrogen-bond acceptors (Lipinski definition) is 2. The lowest BCUT2D eigenvalue weighted by atomic mass is 10.1. The molecule has 0 atom stereocenters. The summed E-state index contributed by atoms with van der Waals surface area (Å²) in [6.45, 7) is 4.35. The van der Waals surface area contributed by atoms with Gasteiger partial charge in [0.2, 0.25) is 0 Å². The van der Waals surface area contributed by atoms with E-state index in [1.807, 2.05) is 22.7 Å². The van der Waals surface area contributed by atoms with Crippen molar-refractivity contribution in [3.63, 3.8) is 0 Å². The predicted molar refractivity (Wildman–Crippen MR) is 96.0 cm³/mol. The lowest BCUT2D eigenvalue weighted by molar-refractivity contribution is 1.56. The molecule has 0 aliphatic carbocycles. The van der Waals surface area contributed by atoms with Crippen LogP contribution in [0.4, 0.5) is 0 Å². The van der Waals surface area contributed by atoms with Crippen LogP contribution in [0.15, 0.2) is 36.4 Å². The maximum Gasteiger partial charge on any atom is 0.0471 e. The Hall–Kier alpha value is -1.84. The number of nitrogens with one attached hydrogen (secondary N) is 1. The van der Waals surface area contributed by atoms with Crippen molar-refractivity contribution in [2.24, 2.45) is 0 Å². The summed E-state index contributed by atoms with van der Waals surface area (Å²) in [6.07, 6.45) is 0. The number of rotatable bonds is 0. The molecule has 1 N–H and O–H groups in total. The van der Waals surface area contributed by atoms with Crippen molar-refractivity contribution in [3.05, 3.63) is 46.2 Å². The molecule has 3 heterocycles. The van der Waals surface area contributed by atoms with Crippen molar-refractivity contribution in [2.45, 2.75) is 13.8 Å². The molecule has 21 heavy (non-hydrogen) atoms. The zero-order valence-corrected chi connectivity index (χ0v) is 13.4. The standard InChI is InChI=1S/C18H13NS2/c1-9-3-11-5-15-13(7-17(11)20-9)14-8-18-12(4-10(2)21-18)6-16(14)19-15/h3-8,19H,1-2H3. The SMILES string of the molecule is Cc1cc2cc3[nH]c4cc5cc(C)sc5cc4c3cc2s1. The van der Waals surface area contributed by atoms with Gasteiger partial charge in [-0.05, 0) is 61.0 Å². The fourth-order valence-corrected chi connectivity index (χ4v) is 5.13. The number of hydrogen-bond donors (Lipinski definition) is 1. The highest BCUT2D eigenvalue weighted by Gasteiger charge is 2.09. The van der Waals surface area contributed by atoms with Gasteiger partial charge in [-0.3, -0.25) is 0 Å². The Morgan fingerprint density at radius 3 is 1.62 bits per heavy atom. The molecular formula is C18H13NS2. The van der Waals surface area contributed by atoms with E-state index in [1.54, 1.807) is 0 Å². The summed E-state index contributed by atoms with van der Waals surface area (Å²) in [6, 6.07) is 13.8. The molecule has 5 rings (SSSR count). The van der Waals surface area contributed by atoms with E-state index in [4.69, 9.17) is 0 Å². The van der Waals surface area contributed by atoms with Crippen molar-refractivity contribution in [1.82, 2.24) is 4.98 Å². The van der Waals surface area contributed by atoms with Gasteiger partial charge in [-0.15, -0.1) is 22.7 Å². The molecule has 3 aromatic heterocycles. The second kappa shape index (κ2) is 3.87. The molecule has 5 aromatic rings. The summed E-state index contributed by atoms with van der Waals surface area (Å²) in [4.78, 5) is 6.34. The highest BCUT2D eigenvalue weighted by molar-refractivity contribution is 7.19. The molecule has 0 saturated carbocycles. The summed E-state index contributed by atoms with van der Waals surface area (Å²) in [5.41, 5.74) is 2.48. The molecule has 102 valence electrons. The number of benzene rings is 2. The Bertz CT molecular complexity index is 1060. The largest absolute Gasteiger partial charge is 0.354 e. The monoisotopic (exact) mass is 307 g/mol. The quantitative estimate of drug-likeness (QED) is 0.342. The Kier molecular flexibility index (Phi) is 2.17. The van der Waals surface area contributed by atoms with E-state index >= 15 is 0 Å². The average Bonchev–Trinajstić information content (AvgIpc) is 3.05. The van der Waals surface area contributed by atoms with Gasteiger partial charge >= 0.3 is 0 Å². The third-order valence-electron chi connectivity index (χ3n) is 4.12. The molecule has 3 heteroatoms. The van der Waals surface area contributed by atoms with Crippen LogP contribution < -0.4 is 0 Å². The van der Waals surface area contributed by atoms with Crippen LogP contribution in [0.1, 0.15) is 9.75 Å². The van der Waals surface area contributed by atoms with Crippen LogP contribution in [0, 0.1) is 13.8 Å². The van der Waals surface area contributed by atoms with Crippen molar-refractivity contribution in [1.29, 1.82) is 0 Å².